The van der Waals surface area contributed by atoms with Crippen molar-refractivity contribution in [3.8, 4) is 0 Å². The molecule has 0 aliphatic carbocycles. The van der Waals surface area contributed by atoms with Crippen LogP contribution < -0.4 is 0 Å². The van der Waals surface area contributed by atoms with Crippen molar-refractivity contribution in [2.24, 2.45) is 0 Å². The largest absolute Gasteiger partial charge is 0.480 e. The van der Waals surface area contributed by atoms with Gasteiger partial charge in [-0.1, -0.05) is 28.1 Å². The number of carboxylic acid groups (broad SMARTS) is 1. The lowest BCUT2D eigenvalue weighted by Gasteiger charge is -2.34. The average molecular weight is 300 g/mol. The second kappa shape index (κ2) is 5.65. The molecule has 0 saturated carbocycles. The van der Waals surface area contributed by atoms with Crippen LogP contribution in [0.5, 0.6) is 0 Å². The number of hydrogen-bond acceptors (Lipinski definition) is 2. The molecule has 0 heterocycles. The van der Waals surface area contributed by atoms with Gasteiger partial charge in [-0.05, 0) is 38.5 Å². The molecule has 0 amide bonds. The molecular formula is C13H18BrNO2. The van der Waals surface area contributed by atoms with Gasteiger partial charge in [-0.15, -0.1) is 0 Å². The van der Waals surface area contributed by atoms with Gasteiger partial charge in [0.2, 0.25) is 0 Å². The summed E-state index contributed by atoms with van der Waals surface area (Å²) in [6.07, 6.45) is 0. The normalized spacial score (nSPS) is 11.8. The lowest BCUT2D eigenvalue weighted by Crippen LogP contribution is -2.43. The zero-order valence-electron chi connectivity index (χ0n) is 10.4. The molecule has 17 heavy (non-hydrogen) atoms. The summed E-state index contributed by atoms with van der Waals surface area (Å²) >= 11 is 3.38. The lowest BCUT2D eigenvalue weighted by molar-refractivity contribution is -0.139. The standard InChI is InChI=1S/C13H18BrNO2/c1-13(2,3)15(9-12(16)17)8-10-4-6-11(14)7-5-10/h4-7H,8-9H2,1-3H3,(H,16,17). The first-order valence-corrected chi connectivity index (χ1v) is 6.29. The minimum absolute atomic E-state index is 0.0551. The van der Waals surface area contributed by atoms with Gasteiger partial charge in [0.15, 0.2) is 0 Å². The number of aliphatic carboxylic acids is 1. The first-order chi connectivity index (χ1) is 7.79. The monoisotopic (exact) mass is 299 g/mol. The maximum atomic E-state index is 10.9. The van der Waals surface area contributed by atoms with E-state index < -0.39 is 5.97 Å². The highest BCUT2D eigenvalue weighted by Gasteiger charge is 2.23. The van der Waals surface area contributed by atoms with E-state index in [2.05, 4.69) is 15.9 Å². The zero-order valence-corrected chi connectivity index (χ0v) is 12.0. The molecule has 4 heteroatoms. The Hall–Kier alpha value is -0.870. The van der Waals surface area contributed by atoms with E-state index in [4.69, 9.17) is 5.11 Å². The van der Waals surface area contributed by atoms with Crippen molar-refractivity contribution in [3.05, 3.63) is 34.3 Å². The van der Waals surface area contributed by atoms with Crippen molar-refractivity contribution in [2.45, 2.75) is 32.9 Å². The first kappa shape index (κ1) is 14.2. The van der Waals surface area contributed by atoms with E-state index in [0.717, 1.165) is 10.0 Å². The van der Waals surface area contributed by atoms with E-state index in [1.807, 2.05) is 49.9 Å². The van der Waals surface area contributed by atoms with Crippen LogP contribution in [0.25, 0.3) is 0 Å². The summed E-state index contributed by atoms with van der Waals surface area (Å²) in [6, 6.07) is 7.95. The Morgan fingerprint density at radius 3 is 2.24 bits per heavy atom. The van der Waals surface area contributed by atoms with Gasteiger partial charge in [-0.3, -0.25) is 9.69 Å². The zero-order chi connectivity index (χ0) is 13.1. The second-order valence-electron chi connectivity index (χ2n) is 5.05. The Kier molecular flexibility index (Phi) is 4.71. The molecule has 0 fully saturated rings. The number of carbonyl (C=O) groups is 1. The maximum Gasteiger partial charge on any atom is 0.317 e. The van der Waals surface area contributed by atoms with Crippen LogP contribution in [-0.2, 0) is 11.3 Å². The Bertz CT molecular complexity index is 381. The van der Waals surface area contributed by atoms with Crippen LogP contribution in [0, 0.1) is 0 Å². The highest BCUT2D eigenvalue weighted by atomic mass is 79.9. The van der Waals surface area contributed by atoms with E-state index in [0.29, 0.717) is 6.54 Å². The summed E-state index contributed by atoms with van der Waals surface area (Å²) < 4.78 is 1.03. The average Bonchev–Trinajstić information content (AvgIpc) is 2.18. The molecule has 1 rings (SSSR count). The molecule has 3 nitrogen and oxygen atoms in total. The summed E-state index contributed by atoms with van der Waals surface area (Å²) in [5, 5.41) is 8.92. The quantitative estimate of drug-likeness (QED) is 0.928. The number of carboxylic acids is 1. The van der Waals surface area contributed by atoms with Crippen molar-refractivity contribution < 1.29 is 9.90 Å². The van der Waals surface area contributed by atoms with Gasteiger partial charge in [0.25, 0.3) is 0 Å². The fraction of sp³-hybridized carbons (Fsp3) is 0.462. The fourth-order valence-electron chi connectivity index (χ4n) is 1.50. The van der Waals surface area contributed by atoms with Crippen LogP contribution in [0.1, 0.15) is 26.3 Å². The van der Waals surface area contributed by atoms with Gasteiger partial charge in [-0.2, -0.15) is 0 Å². The summed E-state index contributed by atoms with van der Waals surface area (Å²) in [5.41, 5.74) is 0.954. The van der Waals surface area contributed by atoms with Crippen molar-refractivity contribution in [1.82, 2.24) is 4.90 Å². The summed E-state index contributed by atoms with van der Waals surface area (Å²) in [7, 11) is 0. The van der Waals surface area contributed by atoms with Crippen LogP contribution in [-0.4, -0.2) is 28.1 Å². The molecule has 0 radical (unpaired) electrons. The van der Waals surface area contributed by atoms with E-state index in [1.54, 1.807) is 0 Å². The van der Waals surface area contributed by atoms with Gasteiger partial charge in [0, 0.05) is 16.6 Å². The smallest absolute Gasteiger partial charge is 0.317 e. The minimum atomic E-state index is -0.794. The molecule has 0 unspecified atom stereocenters. The molecular weight excluding hydrogens is 282 g/mol. The Balaban J connectivity index is 2.79. The van der Waals surface area contributed by atoms with Crippen molar-refractivity contribution in [2.75, 3.05) is 6.54 Å². The topological polar surface area (TPSA) is 40.5 Å². The molecule has 1 N–H and O–H groups in total. The third kappa shape index (κ3) is 4.88. The number of rotatable bonds is 4. The van der Waals surface area contributed by atoms with Crippen molar-refractivity contribution >= 4 is 21.9 Å². The highest BCUT2D eigenvalue weighted by molar-refractivity contribution is 9.10. The van der Waals surface area contributed by atoms with Crippen LogP contribution in [0.15, 0.2) is 28.7 Å². The van der Waals surface area contributed by atoms with Gasteiger partial charge in [0.05, 0.1) is 6.54 Å². The molecule has 0 spiro atoms. The molecule has 1 aromatic carbocycles. The molecule has 0 bridgehead atoms. The predicted octanol–water partition coefficient (Wildman–Crippen LogP) is 3.13. The Labute approximate surface area is 111 Å². The lowest BCUT2D eigenvalue weighted by atomic mass is 10.0. The van der Waals surface area contributed by atoms with Crippen molar-refractivity contribution in [3.63, 3.8) is 0 Å². The van der Waals surface area contributed by atoms with E-state index in [-0.39, 0.29) is 12.1 Å². The summed E-state index contributed by atoms with van der Waals surface area (Å²) in [5.74, 6) is -0.794. The highest BCUT2D eigenvalue weighted by Crippen LogP contribution is 2.18. The molecule has 0 aliphatic heterocycles. The Morgan fingerprint density at radius 2 is 1.82 bits per heavy atom. The molecule has 0 atom stereocenters. The molecule has 0 aliphatic rings. The number of halogens is 1. The van der Waals surface area contributed by atoms with Crippen LogP contribution in [0.2, 0.25) is 0 Å². The third-order valence-electron chi connectivity index (χ3n) is 2.56. The van der Waals surface area contributed by atoms with Crippen LogP contribution in [0.3, 0.4) is 0 Å². The van der Waals surface area contributed by atoms with Gasteiger partial charge in [-0.25, -0.2) is 0 Å². The Morgan fingerprint density at radius 1 is 1.29 bits per heavy atom. The molecule has 0 aromatic heterocycles. The summed E-state index contributed by atoms with van der Waals surface area (Å²) in [6.45, 7) is 6.76. The van der Waals surface area contributed by atoms with E-state index >= 15 is 0 Å². The van der Waals surface area contributed by atoms with Gasteiger partial charge in [0.1, 0.15) is 0 Å². The number of benzene rings is 1. The second-order valence-corrected chi connectivity index (χ2v) is 5.96. The molecule has 0 saturated heterocycles. The van der Waals surface area contributed by atoms with E-state index in [9.17, 15) is 4.79 Å². The van der Waals surface area contributed by atoms with E-state index in [1.165, 1.54) is 0 Å². The maximum absolute atomic E-state index is 10.9. The third-order valence-corrected chi connectivity index (χ3v) is 3.09. The summed E-state index contributed by atoms with van der Waals surface area (Å²) in [4.78, 5) is 12.8. The predicted molar refractivity (Wildman–Crippen MR) is 71.9 cm³/mol. The molecule has 1 aromatic rings. The fourth-order valence-corrected chi connectivity index (χ4v) is 1.77. The van der Waals surface area contributed by atoms with Crippen LogP contribution in [0.4, 0.5) is 0 Å². The van der Waals surface area contributed by atoms with Crippen LogP contribution >= 0.6 is 15.9 Å². The van der Waals surface area contributed by atoms with Gasteiger partial charge >= 0.3 is 5.97 Å². The number of nitrogens with zero attached hydrogens (tertiary/aromatic N) is 1. The van der Waals surface area contributed by atoms with Gasteiger partial charge < -0.3 is 5.11 Å². The SMILES string of the molecule is CC(C)(C)N(CC(=O)O)Cc1ccc(Br)cc1. The van der Waals surface area contributed by atoms with Crippen molar-refractivity contribution in [1.29, 1.82) is 0 Å². The number of hydrogen-bond donors (Lipinski definition) is 1. The first-order valence-electron chi connectivity index (χ1n) is 5.50. The molecule has 94 valence electrons. The minimum Gasteiger partial charge on any atom is -0.480 e.